The Morgan fingerprint density at radius 3 is 2.57 bits per heavy atom. The Labute approximate surface area is 150 Å². The molecule has 1 amide bonds. The van der Waals surface area contributed by atoms with Gasteiger partial charge in [0.2, 0.25) is 0 Å². The van der Waals surface area contributed by atoms with Gasteiger partial charge in [-0.3, -0.25) is 4.79 Å². The van der Waals surface area contributed by atoms with Crippen LogP contribution < -0.4 is 10.1 Å². The van der Waals surface area contributed by atoms with Crippen LogP contribution in [0.1, 0.15) is 5.56 Å². The molecule has 0 aliphatic heterocycles. The third kappa shape index (κ3) is 6.73. The van der Waals surface area contributed by atoms with E-state index >= 15 is 0 Å². The van der Waals surface area contributed by atoms with Crippen LogP contribution in [0, 0.1) is 0 Å². The summed E-state index contributed by atoms with van der Waals surface area (Å²) in [5, 5.41) is 4.06. The van der Waals surface area contributed by atoms with Crippen molar-refractivity contribution in [3.63, 3.8) is 0 Å². The standard InChI is InChI=1S/C17H17Cl2NO2S/c18-14-7-5-13(6-8-14)12-23-10-9-20-17(21)11-22-16-4-2-1-3-15(16)19/h1-8H,9-12H2,(H,20,21). The van der Waals surface area contributed by atoms with E-state index in [1.54, 1.807) is 23.9 Å². The van der Waals surface area contributed by atoms with Crippen molar-refractivity contribution >= 4 is 40.9 Å². The summed E-state index contributed by atoms with van der Waals surface area (Å²) in [6.07, 6.45) is 0. The van der Waals surface area contributed by atoms with E-state index < -0.39 is 0 Å². The number of para-hydroxylation sites is 1. The van der Waals surface area contributed by atoms with Crippen LogP contribution in [0.3, 0.4) is 0 Å². The molecule has 2 aromatic carbocycles. The molecule has 1 N–H and O–H groups in total. The highest BCUT2D eigenvalue weighted by Crippen LogP contribution is 2.22. The van der Waals surface area contributed by atoms with Crippen molar-refractivity contribution in [3.8, 4) is 5.75 Å². The quantitative estimate of drug-likeness (QED) is 0.699. The van der Waals surface area contributed by atoms with Gasteiger partial charge in [0.05, 0.1) is 5.02 Å². The van der Waals surface area contributed by atoms with Gasteiger partial charge in [-0.05, 0) is 29.8 Å². The summed E-state index contributed by atoms with van der Waals surface area (Å²) in [5.74, 6) is 2.09. The molecule has 23 heavy (non-hydrogen) atoms. The maximum Gasteiger partial charge on any atom is 0.257 e. The first kappa shape index (κ1) is 18.0. The molecule has 6 heteroatoms. The van der Waals surface area contributed by atoms with Gasteiger partial charge < -0.3 is 10.1 Å². The number of amides is 1. The molecule has 0 saturated carbocycles. The molecule has 0 heterocycles. The van der Waals surface area contributed by atoms with Crippen molar-refractivity contribution < 1.29 is 9.53 Å². The molecule has 2 aromatic rings. The van der Waals surface area contributed by atoms with Gasteiger partial charge in [-0.1, -0.05) is 47.5 Å². The van der Waals surface area contributed by atoms with Crippen LogP contribution in [0.25, 0.3) is 0 Å². The first-order chi connectivity index (χ1) is 11.1. The molecule has 0 bridgehead atoms. The Morgan fingerprint density at radius 2 is 1.83 bits per heavy atom. The fourth-order valence-corrected chi connectivity index (χ4v) is 2.92. The number of carbonyl (C=O) groups is 1. The number of rotatable bonds is 8. The first-order valence-corrected chi connectivity index (χ1v) is 9.02. The Balaban J connectivity index is 1.58. The van der Waals surface area contributed by atoms with Crippen molar-refractivity contribution in [2.24, 2.45) is 0 Å². The predicted octanol–water partition coefficient (Wildman–Crippen LogP) is 4.42. The van der Waals surface area contributed by atoms with Crippen LogP contribution >= 0.6 is 35.0 Å². The number of hydrogen-bond donors (Lipinski definition) is 1. The summed E-state index contributed by atoms with van der Waals surface area (Å²) in [7, 11) is 0. The van der Waals surface area contributed by atoms with Crippen LogP contribution in [0.15, 0.2) is 48.5 Å². The van der Waals surface area contributed by atoms with Crippen molar-refractivity contribution in [3.05, 3.63) is 64.1 Å². The zero-order chi connectivity index (χ0) is 16.5. The van der Waals surface area contributed by atoms with Crippen molar-refractivity contribution in [2.75, 3.05) is 18.9 Å². The van der Waals surface area contributed by atoms with E-state index in [9.17, 15) is 4.79 Å². The Hall–Kier alpha value is -1.36. The number of halogens is 2. The van der Waals surface area contributed by atoms with Crippen LogP contribution in [-0.2, 0) is 10.5 Å². The average Bonchev–Trinajstić information content (AvgIpc) is 2.55. The van der Waals surface area contributed by atoms with Crippen LogP contribution in [0.2, 0.25) is 10.0 Å². The fraction of sp³-hybridized carbons (Fsp3) is 0.235. The highest BCUT2D eigenvalue weighted by atomic mass is 35.5. The second-order valence-corrected chi connectivity index (χ2v) is 6.70. The number of carbonyl (C=O) groups excluding carboxylic acids is 1. The minimum absolute atomic E-state index is 0.0361. The third-order valence-electron chi connectivity index (χ3n) is 2.95. The van der Waals surface area contributed by atoms with E-state index in [-0.39, 0.29) is 12.5 Å². The molecule has 2 rings (SSSR count). The van der Waals surface area contributed by atoms with E-state index in [1.807, 2.05) is 36.4 Å². The van der Waals surface area contributed by atoms with Crippen LogP contribution in [0.5, 0.6) is 5.75 Å². The lowest BCUT2D eigenvalue weighted by Gasteiger charge is -2.08. The van der Waals surface area contributed by atoms with Gasteiger partial charge in [0.15, 0.2) is 6.61 Å². The fourth-order valence-electron chi connectivity index (χ4n) is 1.79. The molecule has 0 fully saturated rings. The second kappa shape index (κ2) is 9.71. The van der Waals surface area contributed by atoms with Gasteiger partial charge in [-0.15, -0.1) is 0 Å². The molecular formula is C17H17Cl2NO2S. The molecular weight excluding hydrogens is 353 g/mol. The molecule has 0 spiro atoms. The number of thioether (sulfide) groups is 1. The zero-order valence-corrected chi connectivity index (χ0v) is 14.8. The van der Waals surface area contributed by atoms with E-state index in [4.69, 9.17) is 27.9 Å². The molecule has 0 radical (unpaired) electrons. The largest absolute Gasteiger partial charge is 0.482 e. The van der Waals surface area contributed by atoms with Gasteiger partial charge >= 0.3 is 0 Å². The molecule has 0 aliphatic carbocycles. The Bertz CT molecular complexity index is 635. The lowest BCUT2D eigenvalue weighted by Crippen LogP contribution is -2.30. The number of benzene rings is 2. The summed E-state index contributed by atoms with van der Waals surface area (Å²) >= 11 is 13.5. The normalized spacial score (nSPS) is 10.3. The van der Waals surface area contributed by atoms with Crippen LogP contribution in [-0.4, -0.2) is 24.8 Å². The molecule has 0 aromatic heterocycles. The van der Waals surface area contributed by atoms with E-state index in [2.05, 4.69) is 5.32 Å². The molecule has 0 saturated heterocycles. The van der Waals surface area contributed by atoms with Crippen LogP contribution in [0.4, 0.5) is 0 Å². The first-order valence-electron chi connectivity index (χ1n) is 7.11. The lowest BCUT2D eigenvalue weighted by molar-refractivity contribution is -0.122. The van der Waals surface area contributed by atoms with Gasteiger partial charge in [-0.2, -0.15) is 11.8 Å². The Morgan fingerprint density at radius 1 is 1.09 bits per heavy atom. The zero-order valence-electron chi connectivity index (χ0n) is 12.4. The second-order valence-electron chi connectivity index (χ2n) is 4.75. The van der Waals surface area contributed by atoms with Gasteiger partial charge in [0, 0.05) is 23.1 Å². The average molecular weight is 370 g/mol. The summed E-state index contributed by atoms with van der Waals surface area (Å²) < 4.78 is 5.37. The van der Waals surface area contributed by atoms with Crippen molar-refractivity contribution in [2.45, 2.75) is 5.75 Å². The van der Waals surface area contributed by atoms with Crippen molar-refractivity contribution in [1.29, 1.82) is 0 Å². The van der Waals surface area contributed by atoms with Gasteiger partial charge in [0.1, 0.15) is 5.75 Å². The third-order valence-corrected chi connectivity index (χ3v) is 4.54. The maximum absolute atomic E-state index is 11.7. The smallest absolute Gasteiger partial charge is 0.257 e. The topological polar surface area (TPSA) is 38.3 Å². The number of nitrogens with one attached hydrogen (secondary N) is 1. The summed E-state index contributed by atoms with van der Waals surface area (Å²) in [5.41, 5.74) is 1.22. The summed E-state index contributed by atoms with van der Waals surface area (Å²) in [6, 6.07) is 14.9. The van der Waals surface area contributed by atoms with E-state index in [0.717, 1.165) is 16.5 Å². The number of ether oxygens (including phenoxy) is 1. The minimum Gasteiger partial charge on any atom is -0.482 e. The summed E-state index contributed by atoms with van der Waals surface area (Å²) in [6.45, 7) is 0.564. The highest BCUT2D eigenvalue weighted by Gasteiger charge is 2.04. The van der Waals surface area contributed by atoms with Crippen molar-refractivity contribution in [1.82, 2.24) is 5.32 Å². The Kier molecular flexibility index (Phi) is 7.59. The molecule has 0 aliphatic rings. The molecule has 0 atom stereocenters. The number of hydrogen-bond acceptors (Lipinski definition) is 3. The predicted molar refractivity (Wildman–Crippen MR) is 97.6 cm³/mol. The molecule has 122 valence electrons. The lowest BCUT2D eigenvalue weighted by atomic mass is 10.2. The highest BCUT2D eigenvalue weighted by molar-refractivity contribution is 7.98. The van der Waals surface area contributed by atoms with Gasteiger partial charge in [0.25, 0.3) is 5.91 Å². The monoisotopic (exact) mass is 369 g/mol. The summed E-state index contributed by atoms with van der Waals surface area (Å²) in [4.78, 5) is 11.7. The molecule has 0 unspecified atom stereocenters. The SMILES string of the molecule is O=C(COc1ccccc1Cl)NCCSCc1ccc(Cl)cc1. The van der Waals surface area contributed by atoms with E-state index in [0.29, 0.717) is 17.3 Å². The minimum atomic E-state index is -0.156. The maximum atomic E-state index is 11.7. The molecule has 3 nitrogen and oxygen atoms in total. The van der Waals surface area contributed by atoms with E-state index in [1.165, 1.54) is 5.56 Å². The van der Waals surface area contributed by atoms with Gasteiger partial charge in [-0.25, -0.2) is 0 Å².